The third-order valence-electron chi connectivity index (χ3n) is 5.56. The quantitative estimate of drug-likeness (QED) is 0.350. The van der Waals surface area contributed by atoms with E-state index in [-0.39, 0.29) is 30.6 Å². The molecule has 1 unspecified atom stereocenters. The van der Waals surface area contributed by atoms with Gasteiger partial charge in [0.05, 0.1) is 17.7 Å². The van der Waals surface area contributed by atoms with Crippen molar-refractivity contribution < 1.29 is 33.8 Å². The summed E-state index contributed by atoms with van der Waals surface area (Å²) in [5.74, 6) is -1.59. The molecule has 3 rings (SSSR count). The van der Waals surface area contributed by atoms with E-state index in [0.29, 0.717) is 25.6 Å². The van der Waals surface area contributed by atoms with Gasteiger partial charge in [0.2, 0.25) is 11.8 Å². The molecule has 1 aromatic carbocycles. The smallest absolute Gasteiger partial charge is 0.262 e. The summed E-state index contributed by atoms with van der Waals surface area (Å²) in [6.45, 7) is 2.13. The van der Waals surface area contributed by atoms with Gasteiger partial charge < -0.3 is 14.6 Å². The van der Waals surface area contributed by atoms with E-state index in [1.165, 1.54) is 6.07 Å². The molecule has 174 valence electrons. The number of hydrogen-bond donors (Lipinski definition) is 2. The van der Waals surface area contributed by atoms with E-state index in [9.17, 15) is 19.2 Å². The van der Waals surface area contributed by atoms with Gasteiger partial charge in [0, 0.05) is 26.2 Å². The summed E-state index contributed by atoms with van der Waals surface area (Å²) in [4.78, 5) is 49.9. The Kier molecular flexibility index (Phi) is 8.75. The number of piperidine rings is 1. The van der Waals surface area contributed by atoms with Gasteiger partial charge in [-0.2, -0.15) is 0 Å². The van der Waals surface area contributed by atoms with Crippen LogP contribution in [0.4, 0.5) is 0 Å². The maximum absolute atomic E-state index is 12.8. The zero-order chi connectivity index (χ0) is 22.9. The van der Waals surface area contributed by atoms with E-state index >= 15 is 0 Å². The van der Waals surface area contributed by atoms with Crippen LogP contribution < -0.4 is 10.1 Å². The first kappa shape index (κ1) is 23.9. The lowest BCUT2D eigenvalue weighted by molar-refractivity contribution is -0.136. The fraction of sp³-hybridized carbons (Fsp3) is 0.565. The Morgan fingerprint density at radius 1 is 0.906 bits per heavy atom. The topological polar surface area (TPSA) is 122 Å². The Morgan fingerprint density at radius 2 is 1.59 bits per heavy atom. The van der Waals surface area contributed by atoms with Crippen LogP contribution in [0.3, 0.4) is 0 Å². The number of hydrogen-bond acceptors (Lipinski definition) is 7. The highest BCUT2D eigenvalue weighted by Gasteiger charge is 2.44. The molecular weight excluding hydrogens is 416 g/mol. The minimum atomic E-state index is -0.971. The number of ether oxygens (including phenoxy) is 2. The minimum Gasteiger partial charge on any atom is -0.494 e. The summed E-state index contributed by atoms with van der Waals surface area (Å²) in [6, 6.07) is 3.76. The molecule has 1 saturated heterocycles. The molecule has 1 aromatic rings. The van der Waals surface area contributed by atoms with E-state index in [2.05, 4.69) is 5.32 Å². The van der Waals surface area contributed by atoms with Crippen molar-refractivity contribution in [2.24, 2.45) is 0 Å². The third kappa shape index (κ3) is 5.92. The molecule has 0 bridgehead atoms. The number of amides is 4. The first-order valence-electron chi connectivity index (χ1n) is 11.2. The Bertz CT molecular complexity index is 855. The number of nitrogens with zero attached hydrogens (tertiary/aromatic N) is 1. The van der Waals surface area contributed by atoms with Gasteiger partial charge in [0.25, 0.3) is 11.8 Å². The molecule has 9 nitrogen and oxygen atoms in total. The SMILES string of the molecule is O=C1CCC(N2C(=O)c3ccc(OCCCCCOCCCCCO)cc3C2=O)C(=O)N1. The zero-order valence-electron chi connectivity index (χ0n) is 18.1. The van der Waals surface area contributed by atoms with Crippen LogP contribution in [0.1, 0.15) is 72.1 Å². The standard InChI is InChI=1S/C23H30N2O7/c26-11-3-1-4-12-31-13-5-2-6-14-32-16-7-8-17-18(15-16)23(30)25(22(17)29)19-9-10-20(27)24-21(19)28/h7-8,15,19,26H,1-6,9-14H2,(H,24,27,28). The highest BCUT2D eigenvalue weighted by atomic mass is 16.5. The maximum Gasteiger partial charge on any atom is 0.262 e. The molecule has 32 heavy (non-hydrogen) atoms. The van der Waals surface area contributed by atoms with Gasteiger partial charge in [0.1, 0.15) is 11.8 Å². The second-order valence-corrected chi connectivity index (χ2v) is 7.96. The molecule has 1 atom stereocenters. The van der Waals surface area contributed by atoms with Gasteiger partial charge in [-0.15, -0.1) is 0 Å². The molecule has 0 aromatic heterocycles. The van der Waals surface area contributed by atoms with E-state index in [0.717, 1.165) is 43.4 Å². The van der Waals surface area contributed by atoms with E-state index < -0.39 is 29.7 Å². The van der Waals surface area contributed by atoms with Crippen molar-refractivity contribution in [3.63, 3.8) is 0 Å². The molecule has 2 N–H and O–H groups in total. The van der Waals surface area contributed by atoms with E-state index in [1.807, 2.05) is 0 Å². The van der Waals surface area contributed by atoms with Crippen molar-refractivity contribution in [3.05, 3.63) is 29.3 Å². The number of carbonyl (C=O) groups is 4. The van der Waals surface area contributed by atoms with Crippen LogP contribution in [0.25, 0.3) is 0 Å². The lowest BCUT2D eigenvalue weighted by Crippen LogP contribution is -2.54. The average molecular weight is 447 g/mol. The fourth-order valence-electron chi connectivity index (χ4n) is 3.81. The van der Waals surface area contributed by atoms with Gasteiger partial charge in [-0.05, 0) is 63.1 Å². The monoisotopic (exact) mass is 446 g/mol. The number of imide groups is 2. The van der Waals surface area contributed by atoms with E-state index in [1.54, 1.807) is 12.1 Å². The number of rotatable bonds is 13. The van der Waals surface area contributed by atoms with Gasteiger partial charge in [0.15, 0.2) is 0 Å². The molecule has 0 saturated carbocycles. The number of aliphatic hydroxyl groups excluding tert-OH is 1. The van der Waals surface area contributed by atoms with Crippen molar-refractivity contribution in [1.29, 1.82) is 0 Å². The number of nitrogens with one attached hydrogen (secondary N) is 1. The van der Waals surface area contributed by atoms with Gasteiger partial charge in [-0.1, -0.05) is 0 Å². The molecule has 0 spiro atoms. The maximum atomic E-state index is 12.8. The first-order chi connectivity index (χ1) is 15.5. The van der Waals surface area contributed by atoms with Crippen molar-refractivity contribution in [3.8, 4) is 5.75 Å². The molecular formula is C23H30N2O7. The van der Waals surface area contributed by atoms with Crippen molar-refractivity contribution in [1.82, 2.24) is 10.2 Å². The van der Waals surface area contributed by atoms with Gasteiger partial charge >= 0.3 is 0 Å². The third-order valence-corrected chi connectivity index (χ3v) is 5.56. The molecule has 2 aliphatic rings. The summed E-state index contributed by atoms with van der Waals surface area (Å²) in [7, 11) is 0. The lowest BCUT2D eigenvalue weighted by atomic mass is 10.0. The normalized spacial score (nSPS) is 18.2. The van der Waals surface area contributed by atoms with Crippen LogP contribution >= 0.6 is 0 Å². The number of fused-ring (bicyclic) bond motifs is 1. The van der Waals surface area contributed by atoms with Crippen molar-refractivity contribution >= 4 is 23.6 Å². The van der Waals surface area contributed by atoms with Gasteiger partial charge in [-0.25, -0.2) is 0 Å². The van der Waals surface area contributed by atoms with E-state index in [4.69, 9.17) is 14.6 Å². The Balaban J connectivity index is 1.42. The Morgan fingerprint density at radius 3 is 2.31 bits per heavy atom. The number of benzene rings is 1. The fourth-order valence-corrected chi connectivity index (χ4v) is 3.81. The number of carbonyl (C=O) groups excluding carboxylic acids is 4. The molecule has 2 heterocycles. The lowest BCUT2D eigenvalue weighted by Gasteiger charge is -2.27. The van der Waals surface area contributed by atoms with Crippen LogP contribution in [0.15, 0.2) is 18.2 Å². The largest absolute Gasteiger partial charge is 0.494 e. The summed E-state index contributed by atoms with van der Waals surface area (Å²) in [5, 5.41) is 10.9. The minimum absolute atomic E-state index is 0.0902. The molecule has 4 amide bonds. The van der Waals surface area contributed by atoms with Crippen LogP contribution in [-0.2, 0) is 14.3 Å². The molecule has 9 heteroatoms. The van der Waals surface area contributed by atoms with Crippen molar-refractivity contribution in [2.45, 2.75) is 57.4 Å². The average Bonchev–Trinajstić information content (AvgIpc) is 3.02. The zero-order valence-corrected chi connectivity index (χ0v) is 18.1. The van der Waals surface area contributed by atoms with Crippen LogP contribution in [0, 0.1) is 0 Å². The molecule has 1 fully saturated rings. The molecule has 0 radical (unpaired) electrons. The highest BCUT2D eigenvalue weighted by Crippen LogP contribution is 2.30. The summed E-state index contributed by atoms with van der Waals surface area (Å²) in [5.41, 5.74) is 0.454. The van der Waals surface area contributed by atoms with Crippen LogP contribution in [0.2, 0.25) is 0 Å². The molecule has 0 aliphatic carbocycles. The predicted octanol–water partition coefficient (Wildman–Crippen LogP) is 1.82. The number of aliphatic hydroxyl groups is 1. The second-order valence-electron chi connectivity index (χ2n) is 7.96. The first-order valence-corrected chi connectivity index (χ1v) is 11.2. The highest BCUT2D eigenvalue weighted by molar-refractivity contribution is 6.23. The Labute approximate surface area is 187 Å². The Hall–Kier alpha value is -2.78. The van der Waals surface area contributed by atoms with Gasteiger partial charge in [-0.3, -0.25) is 29.4 Å². The second kappa shape index (κ2) is 11.7. The number of unbranched alkanes of at least 4 members (excludes halogenated alkanes) is 4. The van der Waals surface area contributed by atoms with Crippen molar-refractivity contribution in [2.75, 3.05) is 26.4 Å². The molecule has 2 aliphatic heterocycles. The van der Waals surface area contributed by atoms with Crippen LogP contribution in [0.5, 0.6) is 5.75 Å². The predicted molar refractivity (Wildman–Crippen MR) is 114 cm³/mol. The van der Waals surface area contributed by atoms with Crippen LogP contribution in [-0.4, -0.2) is 66.1 Å². The summed E-state index contributed by atoms with van der Waals surface area (Å²) in [6.07, 6.45) is 5.69. The summed E-state index contributed by atoms with van der Waals surface area (Å²) < 4.78 is 11.3. The summed E-state index contributed by atoms with van der Waals surface area (Å²) >= 11 is 0.